The Labute approximate surface area is 144 Å². The van der Waals surface area contributed by atoms with Crippen molar-refractivity contribution in [2.24, 2.45) is 0 Å². The smallest absolute Gasteiger partial charge is 0.271 e. The van der Waals surface area contributed by atoms with Gasteiger partial charge in [0.25, 0.3) is 5.69 Å². The maximum absolute atomic E-state index is 13.7. The van der Waals surface area contributed by atoms with Crippen molar-refractivity contribution in [3.8, 4) is 11.4 Å². The van der Waals surface area contributed by atoms with Gasteiger partial charge in [-0.1, -0.05) is 0 Å². The van der Waals surface area contributed by atoms with Crippen LogP contribution in [0.3, 0.4) is 0 Å². The van der Waals surface area contributed by atoms with E-state index in [2.05, 4.69) is 20.7 Å². The van der Waals surface area contributed by atoms with Gasteiger partial charge in [0.1, 0.15) is 18.2 Å². The standard InChI is InChI=1S/C15H10F2N6O3/c16-10-3-1-9(2-4-10)15-19-21-22(20-15)8-14(24)18-13-7-11(23(25)26)5-6-12(13)17/h1-7H,8H2,(H,18,24). The average molecular weight is 360 g/mol. The molecule has 11 heteroatoms. The zero-order valence-corrected chi connectivity index (χ0v) is 13.0. The van der Waals surface area contributed by atoms with Gasteiger partial charge in [0.05, 0.1) is 10.6 Å². The van der Waals surface area contributed by atoms with Gasteiger partial charge in [0, 0.05) is 17.7 Å². The van der Waals surface area contributed by atoms with Gasteiger partial charge in [-0.3, -0.25) is 14.9 Å². The number of nitrogens with one attached hydrogen (secondary N) is 1. The van der Waals surface area contributed by atoms with Crippen molar-refractivity contribution >= 4 is 17.3 Å². The average Bonchev–Trinajstić information content (AvgIpc) is 3.05. The number of tetrazole rings is 1. The molecule has 3 aromatic rings. The minimum Gasteiger partial charge on any atom is -0.322 e. The summed E-state index contributed by atoms with van der Waals surface area (Å²) in [6.45, 7) is -0.393. The first-order valence-corrected chi connectivity index (χ1v) is 7.20. The highest BCUT2D eigenvalue weighted by Crippen LogP contribution is 2.21. The Morgan fingerprint density at radius 2 is 1.92 bits per heavy atom. The number of benzene rings is 2. The lowest BCUT2D eigenvalue weighted by molar-refractivity contribution is -0.384. The van der Waals surface area contributed by atoms with Crippen LogP contribution in [-0.2, 0) is 11.3 Å². The first-order chi connectivity index (χ1) is 12.4. The van der Waals surface area contributed by atoms with Crippen molar-refractivity contribution in [1.82, 2.24) is 20.2 Å². The Hall–Kier alpha value is -3.76. The van der Waals surface area contributed by atoms with E-state index < -0.39 is 29.0 Å². The molecule has 2 aromatic carbocycles. The zero-order chi connectivity index (χ0) is 18.7. The number of nitro benzene ring substituents is 1. The number of aromatic nitrogens is 4. The Morgan fingerprint density at radius 1 is 1.19 bits per heavy atom. The van der Waals surface area contributed by atoms with Crippen molar-refractivity contribution < 1.29 is 18.5 Å². The largest absolute Gasteiger partial charge is 0.322 e. The number of nitrogens with zero attached hydrogens (tertiary/aromatic N) is 5. The topological polar surface area (TPSA) is 116 Å². The fraction of sp³-hybridized carbons (Fsp3) is 0.0667. The van der Waals surface area contributed by atoms with Gasteiger partial charge < -0.3 is 5.32 Å². The van der Waals surface area contributed by atoms with Crippen LogP contribution in [0, 0.1) is 21.7 Å². The SMILES string of the molecule is O=C(Cn1nnc(-c2ccc(F)cc2)n1)Nc1cc([N+](=O)[O-])ccc1F. The highest BCUT2D eigenvalue weighted by atomic mass is 19.1. The van der Waals surface area contributed by atoms with Crippen LogP contribution in [-0.4, -0.2) is 31.0 Å². The molecule has 3 rings (SSSR count). The van der Waals surface area contributed by atoms with E-state index in [0.717, 1.165) is 23.0 Å². The highest BCUT2D eigenvalue weighted by Gasteiger charge is 2.15. The highest BCUT2D eigenvalue weighted by molar-refractivity contribution is 5.90. The van der Waals surface area contributed by atoms with Crippen LogP contribution < -0.4 is 5.32 Å². The Balaban J connectivity index is 1.70. The lowest BCUT2D eigenvalue weighted by Gasteiger charge is -2.05. The van der Waals surface area contributed by atoms with Crippen molar-refractivity contribution in [3.63, 3.8) is 0 Å². The molecule has 0 saturated carbocycles. The van der Waals surface area contributed by atoms with Gasteiger partial charge in [0.15, 0.2) is 0 Å². The number of hydrogen-bond acceptors (Lipinski definition) is 6. The second-order valence-electron chi connectivity index (χ2n) is 5.12. The van der Waals surface area contributed by atoms with Gasteiger partial charge in [0.2, 0.25) is 11.7 Å². The van der Waals surface area contributed by atoms with Gasteiger partial charge in [-0.25, -0.2) is 8.78 Å². The maximum atomic E-state index is 13.7. The first-order valence-electron chi connectivity index (χ1n) is 7.20. The molecule has 0 spiro atoms. The molecular weight excluding hydrogens is 350 g/mol. The third kappa shape index (κ3) is 3.83. The van der Waals surface area contributed by atoms with E-state index in [4.69, 9.17) is 0 Å². The van der Waals surface area contributed by atoms with Crippen LogP contribution in [0.25, 0.3) is 11.4 Å². The van der Waals surface area contributed by atoms with E-state index in [9.17, 15) is 23.7 Å². The molecule has 0 saturated heterocycles. The van der Waals surface area contributed by atoms with Crippen LogP contribution in [0.15, 0.2) is 42.5 Å². The first kappa shape index (κ1) is 17.1. The van der Waals surface area contributed by atoms with Crippen molar-refractivity contribution in [1.29, 1.82) is 0 Å². The summed E-state index contributed by atoms with van der Waals surface area (Å²) in [6, 6.07) is 8.14. The number of carbonyl (C=O) groups excluding carboxylic acids is 1. The number of hydrogen-bond donors (Lipinski definition) is 1. The van der Waals surface area contributed by atoms with Gasteiger partial charge >= 0.3 is 0 Å². The van der Waals surface area contributed by atoms with Gasteiger partial charge in [-0.05, 0) is 35.5 Å². The molecule has 0 radical (unpaired) electrons. The molecule has 0 aliphatic heterocycles. The molecule has 9 nitrogen and oxygen atoms in total. The maximum Gasteiger partial charge on any atom is 0.271 e. The number of nitro groups is 1. The van der Waals surface area contributed by atoms with Crippen LogP contribution >= 0.6 is 0 Å². The predicted molar refractivity (Wildman–Crippen MR) is 84.9 cm³/mol. The second-order valence-corrected chi connectivity index (χ2v) is 5.12. The quantitative estimate of drug-likeness (QED) is 0.551. The third-order valence-corrected chi connectivity index (χ3v) is 3.28. The molecule has 0 aliphatic rings. The van der Waals surface area contributed by atoms with E-state index in [0.29, 0.717) is 5.56 Å². The van der Waals surface area contributed by atoms with E-state index in [-0.39, 0.29) is 17.2 Å². The van der Waals surface area contributed by atoms with Crippen LogP contribution in [0.1, 0.15) is 0 Å². The van der Waals surface area contributed by atoms with Crippen molar-refractivity contribution in [2.45, 2.75) is 6.54 Å². The Kier molecular flexibility index (Phi) is 4.60. The van der Waals surface area contributed by atoms with Gasteiger partial charge in [-0.2, -0.15) is 4.80 Å². The summed E-state index contributed by atoms with van der Waals surface area (Å²) in [5.41, 5.74) is -0.190. The molecule has 0 bridgehead atoms. The number of non-ortho nitro benzene ring substituents is 1. The fourth-order valence-electron chi connectivity index (χ4n) is 2.07. The molecular formula is C15H10F2N6O3. The summed E-state index contributed by atoms with van der Waals surface area (Å²) in [5, 5.41) is 24.3. The lowest BCUT2D eigenvalue weighted by Crippen LogP contribution is -2.21. The summed E-state index contributed by atoms with van der Waals surface area (Å²) >= 11 is 0. The zero-order valence-electron chi connectivity index (χ0n) is 13.0. The monoisotopic (exact) mass is 360 g/mol. The number of amides is 1. The molecule has 1 heterocycles. The summed E-state index contributed by atoms with van der Waals surface area (Å²) in [7, 11) is 0. The van der Waals surface area contributed by atoms with Crippen LogP contribution in [0.4, 0.5) is 20.2 Å². The molecule has 0 fully saturated rings. The molecule has 132 valence electrons. The number of rotatable bonds is 5. The normalized spacial score (nSPS) is 10.5. The van der Waals surface area contributed by atoms with Crippen LogP contribution in [0.2, 0.25) is 0 Å². The second kappa shape index (κ2) is 7.01. The van der Waals surface area contributed by atoms with Crippen LogP contribution in [0.5, 0.6) is 0 Å². The Bertz CT molecular complexity index is 974. The van der Waals surface area contributed by atoms with Crippen molar-refractivity contribution in [3.05, 3.63) is 64.2 Å². The molecule has 1 amide bonds. The van der Waals surface area contributed by atoms with Crippen molar-refractivity contribution in [2.75, 3.05) is 5.32 Å². The number of carbonyl (C=O) groups is 1. The number of anilines is 1. The van der Waals surface area contributed by atoms with E-state index in [1.165, 1.54) is 24.3 Å². The summed E-state index contributed by atoms with van der Waals surface area (Å²) < 4.78 is 26.6. The summed E-state index contributed by atoms with van der Waals surface area (Å²) in [6.07, 6.45) is 0. The molecule has 0 unspecified atom stereocenters. The lowest BCUT2D eigenvalue weighted by atomic mass is 10.2. The molecule has 1 N–H and O–H groups in total. The third-order valence-electron chi connectivity index (χ3n) is 3.28. The molecule has 1 aromatic heterocycles. The predicted octanol–water partition coefficient (Wildman–Crippen LogP) is 2.17. The minimum absolute atomic E-state index is 0.180. The van der Waals surface area contributed by atoms with E-state index in [1.54, 1.807) is 0 Å². The molecule has 26 heavy (non-hydrogen) atoms. The fourth-order valence-corrected chi connectivity index (χ4v) is 2.07. The molecule has 0 aliphatic carbocycles. The van der Waals surface area contributed by atoms with Gasteiger partial charge in [-0.15, -0.1) is 10.2 Å². The Morgan fingerprint density at radius 3 is 2.62 bits per heavy atom. The summed E-state index contributed by atoms with van der Waals surface area (Å²) in [4.78, 5) is 23.0. The summed E-state index contributed by atoms with van der Waals surface area (Å²) in [5.74, 6) is -1.76. The van der Waals surface area contributed by atoms with E-state index >= 15 is 0 Å². The minimum atomic E-state index is -0.817. The van der Waals surface area contributed by atoms with E-state index in [1.807, 2.05) is 0 Å². The number of halogens is 2. The molecule has 0 atom stereocenters.